The van der Waals surface area contributed by atoms with Gasteiger partial charge in [0.25, 0.3) is 0 Å². The Bertz CT molecular complexity index is 1170. The number of benzene rings is 2. The quantitative estimate of drug-likeness (QED) is 0.341. The molecule has 1 heterocycles. The van der Waals surface area contributed by atoms with Crippen LogP contribution in [-0.2, 0) is 22.8 Å². The third kappa shape index (κ3) is 6.41. The summed E-state index contributed by atoms with van der Waals surface area (Å²) < 4.78 is 54.0. The topological polar surface area (TPSA) is 53.2 Å². The van der Waals surface area contributed by atoms with Gasteiger partial charge in [0.2, 0.25) is 5.91 Å². The van der Waals surface area contributed by atoms with E-state index in [2.05, 4.69) is 16.0 Å². The third-order valence-electron chi connectivity index (χ3n) is 7.14. The van der Waals surface area contributed by atoms with Crippen LogP contribution in [0.2, 0.25) is 10.0 Å². The normalized spacial score (nSPS) is 18.8. The largest absolute Gasteiger partial charge is 0.416 e. The van der Waals surface area contributed by atoms with Gasteiger partial charge in [-0.05, 0) is 81.9 Å². The van der Waals surface area contributed by atoms with E-state index in [1.807, 2.05) is 13.0 Å². The van der Waals surface area contributed by atoms with Gasteiger partial charge in [0, 0.05) is 27.3 Å². The zero-order valence-electron chi connectivity index (χ0n) is 20.3. The zero-order valence-corrected chi connectivity index (χ0v) is 21.8. The molecule has 4 nitrogen and oxygen atoms in total. The molecule has 200 valence electrons. The van der Waals surface area contributed by atoms with E-state index < -0.39 is 34.9 Å². The summed E-state index contributed by atoms with van der Waals surface area (Å²) in [6.45, 7) is 3.63. The summed E-state index contributed by atoms with van der Waals surface area (Å²) in [6, 6.07) is 7.22. The van der Waals surface area contributed by atoms with E-state index in [1.54, 1.807) is 18.2 Å². The molecule has 1 aliphatic heterocycles. The number of alkyl halides is 3. The molecule has 10 heteroatoms. The number of carbonyl (C=O) groups is 1. The number of halogens is 6. The Hall–Kier alpha value is -2.29. The number of amides is 1. The molecule has 0 unspecified atom stereocenters. The van der Waals surface area contributed by atoms with Gasteiger partial charge in [-0.2, -0.15) is 13.2 Å². The minimum absolute atomic E-state index is 0.0189. The Labute approximate surface area is 223 Å². The second-order valence-corrected chi connectivity index (χ2v) is 10.5. The fraction of sp³-hybridized carbons (Fsp3) is 0.444. The van der Waals surface area contributed by atoms with Crippen LogP contribution >= 0.6 is 23.2 Å². The van der Waals surface area contributed by atoms with Crippen molar-refractivity contribution in [1.29, 1.82) is 0 Å². The average molecular weight is 558 g/mol. The molecule has 2 aliphatic rings. The van der Waals surface area contributed by atoms with Crippen LogP contribution in [0.15, 0.2) is 48.2 Å². The molecule has 2 fully saturated rings. The number of allylic oxidation sites excluding steroid dienone is 1. The van der Waals surface area contributed by atoms with E-state index >= 15 is 0 Å². The summed E-state index contributed by atoms with van der Waals surface area (Å²) >= 11 is 12.5. The van der Waals surface area contributed by atoms with Gasteiger partial charge < -0.3 is 16.0 Å². The highest BCUT2D eigenvalue weighted by Gasteiger charge is 2.53. The van der Waals surface area contributed by atoms with Crippen LogP contribution in [0.1, 0.15) is 49.3 Å². The van der Waals surface area contributed by atoms with Crippen LogP contribution in [0.5, 0.6) is 0 Å². The molecule has 0 bridgehead atoms. The lowest BCUT2D eigenvalue weighted by Gasteiger charge is -2.31. The second-order valence-electron chi connectivity index (χ2n) is 9.65. The Morgan fingerprint density at radius 3 is 2.43 bits per heavy atom. The molecule has 3 N–H and O–H groups in total. The average Bonchev–Trinajstić information content (AvgIpc) is 3.65. The van der Waals surface area contributed by atoms with Crippen molar-refractivity contribution >= 4 is 29.1 Å². The van der Waals surface area contributed by atoms with Crippen molar-refractivity contribution in [3.8, 4) is 0 Å². The smallest absolute Gasteiger partial charge is 0.384 e. The lowest BCUT2D eigenvalue weighted by atomic mass is 9.92. The molecule has 4 rings (SSSR count). The fourth-order valence-electron chi connectivity index (χ4n) is 4.85. The molecular formula is C27H29Cl2F4N3O. The van der Waals surface area contributed by atoms with E-state index in [1.165, 1.54) is 0 Å². The summed E-state index contributed by atoms with van der Waals surface area (Å²) in [5, 5.41) is 10.9. The molecule has 1 saturated heterocycles. The maximum absolute atomic E-state index is 14.8. The van der Waals surface area contributed by atoms with Crippen molar-refractivity contribution in [3.63, 3.8) is 0 Å². The molecule has 1 saturated carbocycles. The summed E-state index contributed by atoms with van der Waals surface area (Å²) in [5.41, 5.74) is -0.732. The zero-order chi connectivity index (χ0) is 26.8. The lowest BCUT2D eigenvalue weighted by Crippen LogP contribution is -2.49. The summed E-state index contributed by atoms with van der Waals surface area (Å²) in [7, 11) is 0. The number of rotatable bonds is 8. The molecule has 0 aromatic heterocycles. The highest BCUT2D eigenvalue weighted by molar-refractivity contribution is 6.35. The first kappa shape index (κ1) is 27.7. The van der Waals surface area contributed by atoms with Crippen LogP contribution in [-0.4, -0.2) is 31.1 Å². The van der Waals surface area contributed by atoms with Crippen LogP contribution in [0, 0.1) is 5.82 Å². The van der Waals surface area contributed by atoms with Crippen molar-refractivity contribution in [2.45, 2.75) is 62.7 Å². The number of hydrogen-bond acceptors (Lipinski definition) is 3. The van der Waals surface area contributed by atoms with Crippen LogP contribution in [0.25, 0.3) is 0 Å². The van der Waals surface area contributed by atoms with Gasteiger partial charge in [0.1, 0.15) is 5.82 Å². The van der Waals surface area contributed by atoms with Crippen molar-refractivity contribution in [2.75, 3.05) is 13.1 Å². The Morgan fingerprint density at radius 2 is 1.86 bits per heavy atom. The first-order valence-electron chi connectivity index (χ1n) is 12.3. The van der Waals surface area contributed by atoms with Gasteiger partial charge in [-0.15, -0.1) is 0 Å². The highest BCUT2D eigenvalue weighted by Crippen LogP contribution is 2.50. The number of carbonyl (C=O) groups excluding carboxylic acids is 1. The SMILES string of the molecule is C/C=C(/NC1CCNCC1)[C@H](Cc1ccc(Cl)cc1Cl)NC(=O)C1(c2ccc(C(F)(F)F)cc2F)CC1. The van der Waals surface area contributed by atoms with Crippen molar-refractivity contribution in [1.82, 2.24) is 16.0 Å². The molecule has 1 amide bonds. The first-order valence-corrected chi connectivity index (χ1v) is 13.0. The number of piperidine rings is 1. The predicted octanol–water partition coefficient (Wildman–Crippen LogP) is 6.16. The van der Waals surface area contributed by atoms with Gasteiger partial charge in [-0.25, -0.2) is 4.39 Å². The van der Waals surface area contributed by atoms with Gasteiger partial charge in [-0.3, -0.25) is 4.79 Å². The Balaban J connectivity index is 1.60. The minimum atomic E-state index is -4.66. The standard InChI is InChI=1S/C27H29Cl2F4N3O/c1-2-23(35-19-7-11-34-12-8-19)24(13-16-3-5-18(28)15-21(16)29)36-25(37)26(9-10-26)20-6-4-17(14-22(20)30)27(31,32)33/h2-6,14-15,19,24,34-35H,7-13H2,1H3,(H,36,37)/b23-2+/t24-/m0/s1. The van der Waals surface area contributed by atoms with Crippen LogP contribution in [0.4, 0.5) is 17.6 Å². The maximum Gasteiger partial charge on any atom is 0.416 e. The van der Waals surface area contributed by atoms with Crippen molar-refractivity contribution < 1.29 is 22.4 Å². The van der Waals surface area contributed by atoms with Crippen molar-refractivity contribution in [2.24, 2.45) is 0 Å². The third-order valence-corrected chi connectivity index (χ3v) is 7.72. The van der Waals surface area contributed by atoms with E-state index in [-0.39, 0.29) is 11.6 Å². The fourth-order valence-corrected chi connectivity index (χ4v) is 5.34. The highest BCUT2D eigenvalue weighted by atomic mass is 35.5. The van der Waals surface area contributed by atoms with Crippen LogP contribution < -0.4 is 16.0 Å². The molecule has 0 spiro atoms. The molecule has 0 radical (unpaired) electrons. The monoisotopic (exact) mass is 557 g/mol. The molecule has 1 atom stereocenters. The second kappa shape index (κ2) is 11.2. The predicted molar refractivity (Wildman–Crippen MR) is 137 cm³/mol. The molecular weight excluding hydrogens is 529 g/mol. The molecule has 1 aliphatic carbocycles. The first-order chi connectivity index (χ1) is 17.5. The van der Waals surface area contributed by atoms with Gasteiger partial charge in [0.05, 0.1) is 17.0 Å². The van der Waals surface area contributed by atoms with Gasteiger partial charge in [-0.1, -0.05) is 41.4 Å². The number of hydrogen-bond donors (Lipinski definition) is 3. The van der Waals surface area contributed by atoms with Gasteiger partial charge in [0.15, 0.2) is 0 Å². The Kier molecular flexibility index (Phi) is 8.41. The van der Waals surface area contributed by atoms with Gasteiger partial charge >= 0.3 is 6.18 Å². The molecule has 2 aromatic rings. The minimum Gasteiger partial charge on any atom is -0.384 e. The van der Waals surface area contributed by atoms with E-state index in [9.17, 15) is 22.4 Å². The number of nitrogens with one attached hydrogen (secondary N) is 3. The summed E-state index contributed by atoms with van der Waals surface area (Å²) in [4.78, 5) is 13.6. The molecule has 37 heavy (non-hydrogen) atoms. The lowest BCUT2D eigenvalue weighted by molar-refractivity contribution is -0.137. The molecule has 2 aromatic carbocycles. The van der Waals surface area contributed by atoms with Crippen molar-refractivity contribution in [3.05, 3.63) is 80.7 Å². The van der Waals surface area contributed by atoms with E-state index in [0.717, 1.165) is 49.3 Å². The van der Waals surface area contributed by atoms with Crippen LogP contribution in [0.3, 0.4) is 0 Å². The Morgan fingerprint density at radius 1 is 1.16 bits per heavy atom. The maximum atomic E-state index is 14.8. The van der Waals surface area contributed by atoms with E-state index in [4.69, 9.17) is 23.2 Å². The van der Waals surface area contributed by atoms with E-state index in [0.29, 0.717) is 35.4 Å². The summed E-state index contributed by atoms with van der Waals surface area (Å²) in [6.07, 6.45) is 0.119. The summed E-state index contributed by atoms with van der Waals surface area (Å²) in [5.74, 6) is -1.45.